The van der Waals surface area contributed by atoms with E-state index in [1.165, 1.54) is 0 Å². The number of likely N-dealkylation sites (N-methyl/N-ethyl adjacent to an activating group) is 1. The molecular weight excluding hydrogens is 180 g/mol. The normalized spacial score (nSPS) is 13.5. The predicted molar refractivity (Wildman–Crippen MR) is 54.6 cm³/mol. The van der Waals surface area contributed by atoms with Crippen LogP contribution in [0.5, 0.6) is 0 Å². The molecule has 1 heterocycles. The molecule has 1 aromatic heterocycles. The van der Waals surface area contributed by atoms with Gasteiger partial charge in [-0.25, -0.2) is 4.98 Å². The van der Waals surface area contributed by atoms with Gasteiger partial charge >= 0.3 is 0 Å². The summed E-state index contributed by atoms with van der Waals surface area (Å²) in [6.07, 6.45) is 3.21. The lowest BCUT2D eigenvalue weighted by Crippen LogP contribution is -2.34. The maximum Gasteiger partial charge on any atom is 0.122 e. The SMILES string of the molecule is CN(Cc1nccn1C)CC(O)CN. The highest BCUT2D eigenvalue weighted by Gasteiger charge is 2.08. The van der Waals surface area contributed by atoms with Crippen molar-refractivity contribution in [3.05, 3.63) is 18.2 Å². The van der Waals surface area contributed by atoms with Gasteiger partial charge in [-0.1, -0.05) is 0 Å². The molecule has 0 spiro atoms. The van der Waals surface area contributed by atoms with Crippen LogP contribution in [0.1, 0.15) is 5.82 Å². The predicted octanol–water partition coefficient (Wildman–Crippen LogP) is -0.828. The summed E-state index contributed by atoms with van der Waals surface area (Å²) in [4.78, 5) is 6.20. The molecule has 5 nitrogen and oxygen atoms in total. The molecule has 5 heteroatoms. The third-order valence-corrected chi connectivity index (χ3v) is 2.13. The molecule has 0 fully saturated rings. The summed E-state index contributed by atoms with van der Waals surface area (Å²) in [5.74, 6) is 0.983. The minimum atomic E-state index is -0.458. The standard InChI is InChI=1S/C9H18N4O/c1-12(6-8(14)5-10)7-9-11-3-4-13(9)2/h3-4,8,14H,5-7,10H2,1-2H3. The van der Waals surface area contributed by atoms with Crippen molar-refractivity contribution < 1.29 is 5.11 Å². The van der Waals surface area contributed by atoms with Gasteiger partial charge < -0.3 is 15.4 Å². The fourth-order valence-electron chi connectivity index (χ4n) is 1.29. The second kappa shape index (κ2) is 5.09. The molecule has 0 saturated carbocycles. The van der Waals surface area contributed by atoms with Gasteiger partial charge in [0.05, 0.1) is 12.6 Å². The van der Waals surface area contributed by atoms with Crippen LogP contribution in [-0.4, -0.2) is 45.8 Å². The van der Waals surface area contributed by atoms with Gasteiger partial charge in [0.2, 0.25) is 0 Å². The van der Waals surface area contributed by atoms with Gasteiger partial charge in [-0.3, -0.25) is 4.90 Å². The van der Waals surface area contributed by atoms with Gasteiger partial charge in [0.25, 0.3) is 0 Å². The molecule has 0 aliphatic heterocycles. The zero-order valence-electron chi connectivity index (χ0n) is 8.72. The van der Waals surface area contributed by atoms with Gasteiger partial charge in [0.15, 0.2) is 0 Å². The Bertz CT molecular complexity index is 274. The Morgan fingerprint density at radius 2 is 2.43 bits per heavy atom. The average molecular weight is 198 g/mol. The Labute approximate surface area is 84.2 Å². The summed E-state index contributed by atoms with van der Waals surface area (Å²) in [6.45, 7) is 1.59. The molecule has 1 unspecified atom stereocenters. The van der Waals surface area contributed by atoms with Crippen molar-refractivity contribution >= 4 is 0 Å². The molecular formula is C9H18N4O. The summed E-state index contributed by atoms with van der Waals surface area (Å²) >= 11 is 0. The Morgan fingerprint density at radius 3 is 2.93 bits per heavy atom. The Hall–Kier alpha value is -0.910. The second-order valence-corrected chi connectivity index (χ2v) is 3.54. The molecule has 0 aliphatic rings. The maximum atomic E-state index is 9.33. The van der Waals surface area contributed by atoms with Crippen LogP contribution >= 0.6 is 0 Å². The van der Waals surface area contributed by atoms with Gasteiger partial charge in [-0.05, 0) is 7.05 Å². The van der Waals surface area contributed by atoms with E-state index in [0.717, 1.165) is 12.4 Å². The van der Waals surface area contributed by atoms with Crippen molar-refractivity contribution in [1.82, 2.24) is 14.5 Å². The number of imidazole rings is 1. The van der Waals surface area contributed by atoms with Crippen LogP contribution in [0.25, 0.3) is 0 Å². The number of rotatable bonds is 5. The molecule has 1 aromatic rings. The first-order valence-electron chi connectivity index (χ1n) is 4.66. The van der Waals surface area contributed by atoms with E-state index >= 15 is 0 Å². The highest BCUT2D eigenvalue weighted by Crippen LogP contribution is 1.99. The van der Waals surface area contributed by atoms with Gasteiger partial charge in [0, 0.05) is 32.5 Å². The van der Waals surface area contributed by atoms with E-state index in [-0.39, 0.29) is 0 Å². The van der Waals surface area contributed by atoms with Crippen LogP contribution in [0.2, 0.25) is 0 Å². The van der Waals surface area contributed by atoms with Crippen LogP contribution in [0.15, 0.2) is 12.4 Å². The summed E-state index contributed by atoms with van der Waals surface area (Å²) in [5, 5.41) is 9.33. The largest absolute Gasteiger partial charge is 0.390 e. The van der Waals surface area contributed by atoms with Gasteiger partial charge in [0.1, 0.15) is 5.82 Å². The molecule has 0 bridgehead atoms. The highest BCUT2D eigenvalue weighted by atomic mass is 16.3. The van der Waals surface area contributed by atoms with Gasteiger partial charge in [-0.2, -0.15) is 0 Å². The number of aliphatic hydroxyl groups excluding tert-OH is 1. The zero-order chi connectivity index (χ0) is 10.6. The van der Waals surface area contributed by atoms with E-state index in [4.69, 9.17) is 5.73 Å². The summed E-state index contributed by atoms with van der Waals surface area (Å²) in [6, 6.07) is 0. The molecule has 0 saturated heterocycles. The first kappa shape index (κ1) is 11.2. The Kier molecular flexibility index (Phi) is 4.06. The molecule has 1 rings (SSSR count). The number of aromatic nitrogens is 2. The van der Waals surface area contributed by atoms with E-state index in [2.05, 4.69) is 4.98 Å². The smallest absolute Gasteiger partial charge is 0.122 e. The average Bonchev–Trinajstić information content (AvgIpc) is 2.51. The van der Waals surface area contributed by atoms with Crippen molar-refractivity contribution in [2.24, 2.45) is 12.8 Å². The minimum Gasteiger partial charge on any atom is -0.390 e. The lowest BCUT2D eigenvalue weighted by molar-refractivity contribution is 0.127. The molecule has 80 valence electrons. The minimum absolute atomic E-state index is 0.297. The van der Waals surface area contributed by atoms with Crippen molar-refractivity contribution in [3.8, 4) is 0 Å². The molecule has 0 aromatic carbocycles. The fraction of sp³-hybridized carbons (Fsp3) is 0.667. The van der Waals surface area contributed by atoms with Crippen LogP contribution in [-0.2, 0) is 13.6 Å². The fourth-order valence-corrected chi connectivity index (χ4v) is 1.29. The third-order valence-electron chi connectivity index (χ3n) is 2.13. The number of hydrogen-bond acceptors (Lipinski definition) is 4. The highest BCUT2D eigenvalue weighted by molar-refractivity contribution is 4.90. The first-order valence-corrected chi connectivity index (χ1v) is 4.66. The summed E-state index contributed by atoms with van der Waals surface area (Å²) in [7, 11) is 3.89. The molecule has 1 atom stereocenters. The van der Waals surface area contributed by atoms with Crippen LogP contribution in [0, 0.1) is 0 Å². The van der Waals surface area contributed by atoms with Crippen molar-refractivity contribution in [3.63, 3.8) is 0 Å². The number of aliphatic hydroxyl groups is 1. The number of aryl methyl sites for hydroxylation is 1. The Balaban J connectivity index is 2.41. The van der Waals surface area contributed by atoms with Gasteiger partial charge in [-0.15, -0.1) is 0 Å². The summed E-state index contributed by atoms with van der Waals surface area (Å²) in [5.41, 5.74) is 5.33. The zero-order valence-corrected chi connectivity index (χ0v) is 8.72. The Morgan fingerprint density at radius 1 is 1.71 bits per heavy atom. The second-order valence-electron chi connectivity index (χ2n) is 3.54. The van der Waals surface area contributed by atoms with Crippen LogP contribution in [0.3, 0.4) is 0 Å². The van der Waals surface area contributed by atoms with E-state index < -0.39 is 6.10 Å². The molecule has 0 amide bonds. The lowest BCUT2D eigenvalue weighted by Gasteiger charge is -2.19. The van der Waals surface area contributed by atoms with E-state index in [1.54, 1.807) is 6.20 Å². The molecule has 0 aliphatic carbocycles. The third kappa shape index (κ3) is 3.10. The number of nitrogens with two attached hydrogens (primary N) is 1. The van der Waals surface area contributed by atoms with Crippen LogP contribution < -0.4 is 5.73 Å². The van der Waals surface area contributed by atoms with E-state index in [1.807, 2.05) is 29.8 Å². The quantitative estimate of drug-likeness (QED) is 0.648. The summed E-state index contributed by atoms with van der Waals surface area (Å²) < 4.78 is 1.96. The van der Waals surface area contributed by atoms with Crippen molar-refractivity contribution in [1.29, 1.82) is 0 Å². The van der Waals surface area contributed by atoms with Crippen molar-refractivity contribution in [2.75, 3.05) is 20.1 Å². The molecule has 14 heavy (non-hydrogen) atoms. The van der Waals surface area contributed by atoms with E-state index in [9.17, 15) is 5.11 Å². The van der Waals surface area contributed by atoms with Crippen LogP contribution in [0.4, 0.5) is 0 Å². The number of hydrogen-bond donors (Lipinski definition) is 2. The van der Waals surface area contributed by atoms with Crippen molar-refractivity contribution in [2.45, 2.75) is 12.6 Å². The topological polar surface area (TPSA) is 67.3 Å². The number of nitrogens with zero attached hydrogens (tertiary/aromatic N) is 3. The lowest BCUT2D eigenvalue weighted by atomic mass is 10.3. The van der Waals surface area contributed by atoms with E-state index in [0.29, 0.717) is 13.1 Å². The maximum absolute atomic E-state index is 9.33. The molecule has 3 N–H and O–H groups in total. The molecule has 0 radical (unpaired) electrons. The monoisotopic (exact) mass is 198 g/mol. The first-order chi connectivity index (χ1) is 6.63.